The van der Waals surface area contributed by atoms with Crippen molar-refractivity contribution in [3.8, 4) is 11.4 Å². The van der Waals surface area contributed by atoms with E-state index in [0.717, 1.165) is 34.0 Å². The number of fused-ring (bicyclic) bond motifs is 4. The van der Waals surface area contributed by atoms with E-state index in [-0.39, 0.29) is 5.82 Å². The standard InChI is InChI=1S/C21H22FN7S/c1-11-9-29-10-12(5-16(22)19(29)24-11)18-23-8-17-20(27-18)30-21(26-17)28(2)15-6-13-3-4-14(7-15)25-13/h5,8-10,13-15,25H,3-4,6-7H2,1-2H3. The maximum Gasteiger partial charge on any atom is 0.187 e. The minimum atomic E-state index is -0.380. The van der Waals surface area contributed by atoms with Gasteiger partial charge in [-0.3, -0.25) is 0 Å². The van der Waals surface area contributed by atoms with Crippen LogP contribution in [0.15, 0.2) is 24.7 Å². The van der Waals surface area contributed by atoms with E-state index in [9.17, 15) is 4.39 Å². The van der Waals surface area contributed by atoms with E-state index in [1.165, 1.54) is 18.9 Å². The molecule has 0 amide bonds. The van der Waals surface area contributed by atoms with E-state index >= 15 is 0 Å². The first-order chi connectivity index (χ1) is 14.5. The first kappa shape index (κ1) is 18.1. The fourth-order valence-electron chi connectivity index (χ4n) is 4.82. The van der Waals surface area contributed by atoms with E-state index in [1.54, 1.807) is 28.1 Å². The highest BCUT2D eigenvalue weighted by molar-refractivity contribution is 7.21. The van der Waals surface area contributed by atoms with Crippen LogP contribution in [0, 0.1) is 12.7 Å². The Bertz CT molecular complexity index is 1250. The van der Waals surface area contributed by atoms with Crippen LogP contribution in [-0.4, -0.2) is 49.5 Å². The molecule has 2 fully saturated rings. The molecule has 4 aromatic heterocycles. The number of nitrogens with one attached hydrogen (secondary N) is 1. The molecule has 30 heavy (non-hydrogen) atoms. The van der Waals surface area contributed by atoms with Crippen LogP contribution in [0.5, 0.6) is 0 Å². The van der Waals surface area contributed by atoms with Crippen LogP contribution in [0.2, 0.25) is 0 Å². The fourth-order valence-corrected chi connectivity index (χ4v) is 5.76. The zero-order valence-corrected chi connectivity index (χ0v) is 17.7. The van der Waals surface area contributed by atoms with E-state index in [2.05, 4.69) is 27.2 Å². The molecule has 2 bridgehead atoms. The molecule has 2 aliphatic rings. The van der Waals surface area contributed by atoms with E-state index in [1.807, 2.05) is 13.1 Å². The molecule has 6 heterocycles. The Morgan fingerprint density at radius 2 is 1.97 bits per heavy atom. The first-order valence-corrected chi connectivity index (χ1v) is 11.1. The maximum atomic E-state index is 14.5. The van der Waals surface area contributed by atoms with Crippen LogP contribution in [0.3, 0.4) is 0 Å². The van der Waals surface area contributed by atoms with Crippen molar-refractivity contribution in [2.24, 2.45) is 0 Å². The summed E-state index contributed by atoms with van der Waals surface area (Å²) in [7, 11) is 2.13. The lowest BCUT2D eigenvalue weighted by Gasteiger charge is -2.35. The topological polar surface area (TPSA) is 71.2 Å². The maximum absolute atomic E-state index is 14.5. The second-order valence-electron chi connectivity index (χ2n) is 8.44. The van der Waals surface area contributed by atoms with Gasteiger partial charge in [0.15, 0.2) is 22.4 Å². The third kappa shape index (κ3) is 2.95. The molecular formula is C21H22FN7S. The normalized spacial score (nSPS) is 23.5. The Kier molecular flexibility index (Phi) is 4.04. The zero-order valence-electron chi connectivity index (χ0n) is 16.8. The summed E-state index contributed by atoms with van der Waals surface area (Å²) in [6.07, 6.45) is 10.2. The predicted octanol–water partition coefficient (Wildman–Crippen LogP) is 3.57. The number of rotatable bonds is 3. The lowest BCUT2D eigenvalue weighted by Crippen LogP contribution is -2.47. The van der Waals surface area contributed by atoms with Crippen LogP contribution in [0.1, 0.15) is 31.4 Å². The number of thiazole rings is 1. The fraction of sp³-hybridized carbons (Fsp3) is 0.429. The number of hydrogen-bond donors (Lipinski definition) is 1. The Hall–Kier alpha value is -2.65. The minimum absolute atomic E-state index is 0.315. The minimum Gasteiger partial charge on any atom is -0.348 e. The average Bonchev–Trinajstić information content (AvgIpc) is 3.42. The molecule has 9 heteroatoms. The van der Waals surface area contributed by atoms with Gasteiger partial charge >= 0.3 is 0 Å². The molecule has 2 saturated heterocycles. The average molecular weight is 424 g/mol. The highest BCUT2D eigenvalue weighted by Gasteiger charge is 2.35. The number of pyridine rings is 1. The molecule has 0 saturated carbocycles. The molecular weight excluding hydrogens is 401 g/mol. The number of imidazole rings is 1. The van der Waals surface area contributed by atoms with Crippen molar-refractivity contribution in [1.82, 2.24) is 29.7 Å². The number of aryl methyl sites for hydroxylation is 1. The van der Waals surface area contributed by atoms with Crippen molar-refractivity contribution >= 4 is 32.5 Å². The van der Waals surface area contributed by atoms with Crippen molar-refractivity contribution < 1.29 is 4.39 Å². The Morgan fingerprint density at radius 3 is 2.77 bits per heavy atom. The van der Waals surface area contributed by atoms with Gasteiger partial charge in [0, 0.05) is 43.1 Å². The van der Waals surface area contributed by atoms with Crippen molar-refractivity contribution in [2.45, 2.75) is 50.7 Å². The van der Waals surface area contributed by atoms with Crippen molar-refractivity contribution in [3.05, 3.63) is 36.2 Å². The molecule has 4 aromatic rings. The monoisotopic (exact) mass is 423 g/mol. The summed E-state index contributed by atoms with van der Waals surface area (Å²) in [5.74, 6) is 0.113. The first-order valence-electron chi connectivity index (χ1n) is 10.3. The van der Waals surface area contributed by atoms with Gasteiger partial charge in [-0.2, -0.15) is 0 Å². The van der Waals surface area contributed by atoms with Crippen LogP contribution >= 0.6 is 11.3 Å². The quantitative estimate of drug-likeness (QED) is 0.543. The molecule has 2 atom stereocenters. The molecule has 7 nitrogen and oxygen atoms in total. The smallest absolute Gasteiger partial charge is 0.187 e. The van der Waals surface area contributed by atoms with Gasteiger partial charge in [0.25, 0.3) is 0 Å². The number of anilines is 1. The largest absolute Gasteiger partial charge is 0.348 e. The van der Waals surface area contributed by atoms with Gasteiger partial charge in [0.1, 0.15) is 10.3 Å². The number of nitrogens with zero attached hydrogens (tertiary/aromatic N) is 6. The number of hydrogen-bond acceptors (Lipinski definition) is 7. The Balaban J connectivity index is 1.33. The summed E-state index contributed by atoms with van der Waals surface area (Å²) in [5.41, 5.74) is 2.49. The summed E-state index contributed by atoms with van der Waals surface area (Å²) in [6.45, 7) is 1.85. The Morgan fingerprint density at radius 1 is 1.17 bits per heavy atom. The summed E-state index contributed by atoms with van der Waals surface area (Å²) < 4.78 is 16.2. The molecule has 0 aliphatic carbocycles. The van der Waals surface area contributed by atoms with Crippen LogP contribution in [-0.2, 0) is 0 Å². The van der Waals surface area contributed by atoms with Crippen molar-refractivity contribution in [2.75, 3.05) is 11.9 Å². The van der Waals surface area contributed by atoms with Crippen molar-refractivity contribution in [3.63, 3.8) is 0 Å². The molecule has 1 N–H and O–H groups in total. The third-order valence-electron chi connectivity index (χ3n) is 6.32. The lowest BCUT2D eigenvalue weighted by molar-refractivity contribution is 0.354. The highest BCUT2D eigenvalue weighted by Crippen LogP contribution is 2.34. The van der Waals surface area contributed by atoms with Crippen molar-refractivity contribution in [1.29, 1.82) is 0 Å². The van der Waals surface area contributed by atoms with Gasteiger partial charge in [0.05, 0.1) is 11.9 Å². The van der Waals surface area contributed by atoms with Gasteiger partial charge in [-0.15, -0.1) is 0 Å². The van der Waals surface area contributed by atoms with Gasteiger partial charge in [-0.05, 0) is 38.7 Å². The summed E-state index contributed by atoms with van der Waals surface area (Å²) in [4.78, 5) is 21.3. The van der Waals surface area contributed by atoms with E-state index in [4.69, 9.17) is 9.97 Å². The molecule has 0 spiro atoms. The molecule has 2 aliphatic heterocycles. The van der Waals surface area contributed by atoms with E-state index in [0.29, 0.717) is 35.2 Å². The highest BCUT2D eigenvalue weighted by atomic mass is 32.1. The molecule has 2 unspecified atom stereocenters. The van der Waals surface area contributed by atoms with Gasteiger partial charge in [-0.25, -0.2) is 24.3 Å². The molecule has 6 rings (SSSR count). The summed E-state index contributed by atoms with van der Waals surface area (Å²) in [6, 6.07) is 3.21. The lowest BCUT2D eigenvalue weighted by atomic mass is 9.99. The summed E-state index contributed by atoms with van der Waals surface area (Å²) >= 11 is 1.57. The zero-order chi connectivity index (χ0) is 20.4. The van der Waals surface area contributed by atoms with E-state index < -0.39 is 0 Å². The second-order valence-corrected chi connectivity index (χ2v) is 9.40. The molecule has 0 aromatic carbocycles. The molecule has 0 radical (unpaired) electrons. The van der Waals surface area contributed by atoms with Crippen LogP contribution in [0.25, 0.3) is 27.4 Å². The number of halogens is 1. The van der Waals surface area contributed by atoms with Gasteiger partial charge in [0.2, 0.25) is 0 Å². The van der Waals surface area contributed by atoms with Gasteiger partial charge < -0.3 is 14.6 Å². The third-order valence-corrected chi connectivity index (χ3v) is 7.38. The Labute approximate surface area is 177 Å². The number of piperidine rings is 1. The number of aromatic nitrogens is 5. The SMILES string of the molecule is Cc1cn2cc(-c3ncc4nc(N(C)C5CC6CCC(C5)N6)sc4n3)cc(F)c2n1. The predicted molar refractivity (Wildman–Crippen MR) is 115 cm³/mol. The second kappa shape index (κ2) is 6.68. The van der Waals surface area contributed by atoms with Crippen LogP contribution < -0.4 is 10.2 Å². The summed E-state index contributed by atoms with van der Waals surface area (Å²) in [5, 5.41) is 4.66. The van der Waals surface area contributed by atoms with Gasteiger partial charge in [-0.1, -0.05) is 11.3 Å². The molecule has 154 valence electrons. The van der Waals surface area contributed by atoms with Crippen LogP contribution in [0.4, 0.5) is 9.52 Å².